The number of carboxylic acid groups (broad SMARTS) is 1. The second-order valence-electron chi connectivity index (χ2n) is 13.9. The fourth-order valence-corrected chi connectivity index (χ4v) is 5.34. The van der Waals surface area contributed by atoms with Gasteiger partial charge in [-0.1, -0.05) is 87.5 Å². The number of esters is 1. The summed E-state index contributed by atoms with van der Waals surface area (Å²) in [6.07, 6.45) is 5.90. The van der Waals surface area contributed by atoms with Crippen molar-refractivity contribution in [1.82, 2.24) is 21.3 Å². The minimum Gasteiger partial charge on any atom is -0.480 e. The summed E-state index contributed by atoms with van der Waals surface area (Å²) in [5, 5.41) is 19.4. The molecule has 0 aromatic heterocycles. The number of rotatable bonds is 23. The third kappa shape index (κ3) is 17.5. The van der Waals surface area contributed by atoms with E-state index in [1.165, 1.54) is 26.7 Å². The molecule has 47 heavy (non-hydrogen) atoms. The largest absolute Gasteiger partial charge is 0.480 e. The number of carbonyl (C=O) groups is 6. The Balaban J connectivity index is 5.49. The maximum absolute atomic E-state index is 13.2. The Morgan fingerprint density at radius 2 is 1.38 bits per heavy atom. The lowest BCUT2D eigenvalue weighted by Crippen LogP contribution is -2.57. The van der Waals surface area contributed by atoms with Gasteiger partial charge in [0.1, 0.15) is 30.3 Å². The normalized spacial score (nSPS) is 16.5. The SMILES string of the molecule is CCCCCC[C@H](C)C[C@H](C)[C@@H](OC(=O)[C@H](C)N)[C@@H](C)C(=O)NCC(=O)N[C@H](C(=O)N[C@@H](CC(C)C)C(=O)N[C@@H](C)C(=O)O)C(C)C. The minimum atomic E-state index is -1.21. The Morgan fingerprint density at radius 1 is 0.766 bits per heavy atom. The molecule has 7 N–H and O–H groups in total. The number of hydrogen-bond acceptors (Lipinski definition) is 8. The monoisotopic (exact) mass is 669 g/mol. The molecule has 0 bridgehead atoms. The smallest absolute Gasteiger partial charge is 0.325 e. The minimum absolute atomic E-state index is 0.00312. The number of ether oxygens (including phenoxy) is 1. The molecule has 0 saturated heterocycles. The van der Waals surface area contributed by atoms with Crippen molar-refractivity contribution >= 4 is 35.6 Å². The van der Waals surface area contributed by atoms with Gasteiger partial charge in [0.15, 0.2) is 0 Å². The second kappa shape index (κ2) is 22.4. The number of unbranched alkanes of at least 4 members (excludes halogenated alkanes) is 3. The van der Waals surface area contributed by atoms with Crippen LogP contribution in [0.25, 0.3) is 0 Å². The first-order valence-corrected chi connectivity index (χ1v) is 17.2. The van der Waals surface area contributed by atoms with Gasteiger partial charge in [-0.2, -0.15) is 0 Å². The summed E-state index contributed by atoms with van der Waals surface area (Å²) in [4.78, 5) is 75.8. The molecule has 0 heterocycles. The van der Waals surface area contributed by atoms with E-state index >= 15 is 0 Å². The van der Waals surface area contributed by atoms with Gasteiger partial charge in [0, 0.05) is 0 Å². The second-order valence-corrected chi connectivity index (χ2v) is 13.9. The van der Waals surface area contributed by atoms with Gasteiger partial charge in [-0.05, 0) is 50.4 Å². The van der Waals surface area contributed by atoms with Crippen LogP contribution in [0.1, 0.15) is 114 Å². The molecule has 13 nitrogen and oxygen atoms in total. The average molecular weight is 670 g/mol. The summed E-state index contributed by atoms with van der Waals surface area (Å²) in [6.45, 7) is 17.5. The number of carbonyl (C=O) groups excluding carboxylic acids is 5. The van der Waals surface area contributed by atoms with Crippen molar-refractivity contribution in [3.63, 3.8) is 0 Å². The molecule has 0 radical (unpaired) electrons. The zero-order valence-electron chi connectivity index (χ0n) is 30.3. The van der Waals surface area contributed by atoms with Gasteiger partial charge < -0.3 is 36.8 Å². The predicted octanol–water partition coefficient (Wildman–Crippen LogP) is 2.89. The van der Waals surface area contributed by atoms with Crippen LogP contribution < -0.4 is 27.0 Å². The summed E-state index contributed by atoms with van der Waals surface area (Å²) in [6, 6.07) is -4.05. The van der Waals surface area contributed by atoms with Crippen LogP contribution >= 0.6 is 0 Å². The highest BCUT2D eigenvalue weighted by atomic mass is 16.5. The first-order valence-electron chi connectivity index (χ1n) is 17.2. The van der Waals surface area contributed by atoms with Crippen molar-refractivity contribution in [2.45, 2.75) is 144 Å². The van der Waals surface area contributed by atoms with E-state index in [1.54, 1.807) is 20.8 Å². The first kappa shape index (κ1) is 43.8. The molecule has 4 amide bonds. The molecule has 0 aliphatic carbocycles. The lowest BCUT2D eigenvalue weighted by atomic mass is 9.84. The van der Waals surface area contributed by atoms with Crippen LogP contribution in [-0.4, -0.2) is 77.5 Å². The third-order valence-electron chi connectivity index (χ3n) is 8.17. The lowest BCUT2D eigenvalue weighted by Gasteiger charge is -2.31. The third-order valence-corrected chi connectivity index (χ3v) is 8.17. The van der Waals surface area contributed by atoms with Crippen LogP contribution in [0.2, 0.25) is 0 Å². The molecule has 0 saturated carbocycles. The molecule has 0 fully saturated rings. The number of nitrogens with one attached hydrogen (secondary N) is 4. The van der Waals surface area contributed by atoms with Crippen molar-refractivity contribution < 1.29 is 38.6 Å². The highest BCUT2D eigenvalue weighted by Gasteiger charge is 2.34. The Kier molecular flexibility index (Phi) is 20.8. The van der Waals surface area contributed by atoms with E-state index in [0.717, 1.165) is 25.7 Å². The van der Waals surface area contributed by atoms with Crippen LogP contribution in [0.15, 0.2) is 0 Å². The highest BCUT2D eigenvalue weighted by molar-refractivity contribution is 5.94. The van der Waals surface area contributed by atoms with Crippen LogP contribution in [0.5, 0.6) is 0 Å². The lowest BCUT2D eigenvalue weighted by molar-refractivity contribution is -0.158. The van der Waals surface area contributed by atoms with Crippen LogP contribution in [0, 0.1) is 29.6 Å². The molecule has 0 aliphatic rings. The molecular weight excluding hydrogens is 606 g/mol. The fraction of sp³-hybridized carbons (Fsp3) is 0.824. The molecule has 13 heteroatoms. The summed E-state index contributed by atoms with van der Waals surface area (Å²) in [7, 11) is 0. The van der Waals surface area contributed by atoms with E-state index < -0.39 is 78.3 Å². The standard InChI is InChI=1S/C34H63N5O8/c1-11-12-13-14-15-21(6)17-22(7)29(47-34(46)24(9)35)23(8)30(41)36-18-27(40)39-28(20(4)5)32(43)38-26(16-19(2)3)31(42)37-25(10)33(44)45/h19-26,28-29H,11-18,35H2,1-10H3,(H,36,41)(H,37,42)(H,38,43)(H,39,40)(H,44,45)/t21-,22-,23+,24-,25-,26-,28-,29+/m0/s1. The molecule has 0 aliphatic heterocycles. The Hall–Kier alpha value is -3.22. The first-order chi connectivity index (χ1) is 21.8. The van der Waals surface area contributed by atoms with E-state index in [0.29, 0.717) is 5.92 Å². The quantitative estimate of drug-likeness (QED) is 0.0698. The fourth-order valence-electron chi connectivity index (χ4n) is 5.34. The van der Waals surface area contributed by atoms with Gasteiger partial charge in [-0.15, -0.1) is 0 Å². The molecule has 0 rings (SSSR count). The van der Waals surface area contributed by atoms with Gasteiger partial charge >= 0.3 is 11.9 Å². The van der Waals surface area contributed by atoms with Crippen LogP contribution in [-0.2, 0) is 33.5 Å². The Morgan fingerprint density at radius 3 is 1.89 bits per heavy atom. The Bertz CT molecular complexity index is 1020. The molecular formula is C34H63N5O8. The molecule has 8 atom stereocenters. The number of nitrogens with two attached hydrogens (primary N) is 1. The van der Waals surface area contributed by atoms with Crippen molar-refractivity contribution in [3.05, 3.63) is 0 Å². The van der Waals surface area contributed by atoms with Gasteiger partial charge in [-0.25, -0.2) is 0 Å². The van der Waals surface area contributed by atoms with Crippen molar-refractivity contribution in [2.24, 2.45) is 35.3 Å². The number of aliphatic carboxylic acids is 1. The summed E-state index contributed by atoms with van der Waals surface area (Å²) >= 11 is 0. The van der Waals surface area contributed by atoms with Gasteiger partial charge in [0.2, 0.25) is 23.6 Å². The topological polar surface area (TPSA) is 206 Å². The molecule has 0 unspecified atom stereocenters. The maximum Gasteiger partial charge on any atom is 0.325 e. The van der Waals surface area contributed by atoms with E-state index in [-0.39, 0.29) is 24.2 Å². The predicted molar refractivity (Wildman–Crippen MR) is 181 cm³/mol. The van der Waals surface area contributed by atoms with E-state index in [1.807, 2.05) is 20.8 Å². The maximum atomic E-state index is 13.2. The summed E-state index contributed by atoms with van der Waals surface area (Å²) in [5.74, 6) is -5.11. The van der Waals surface area contributed by atoms with Gasteiger partial charge in [-0.3, -0.25) is 28.8 Å². The average Bonchev–Trinajstić information content (AvgIpc) is 2.97. The number of carboxylic acids is 1. The zero-order chi connectivity index (χ0) is 36.4. The van der Waals surface area contributed by atoms with Gasteiger partial charge in [0.25, 0.3) is 0 Å². The molecule has 0 aromatic rings. The van der Waals surface area contributed by atoms with E-state index in [2.05, 4.69) is 35.1 Å². The summed E-state index contributed by atoms with van der Waals surface area (Å²) < 4.78 is 5.71. The number of amides is 4. The van der Waals surface area contributed by atoms with Gasteiger partial charge in [0.05, 0.1) is 12.5 Å². The van der Waals surface area contributed by atoms with Crippen LogP contribution in [0.4, 0.5) is 0 Å². The van der Waals surface area contributed by atoms with Crippen molar-refractivity contribution in [1.29, 1.82) is 0 Å². The number of hydrogen-bond donors (Lipinski definition) is 6. The molecule has 0 spiro atoms. The highest BCUT2D eigenvalue weighted by Crippen LogP contribution is 2.27. The summed E-state index contributed by atoms with van der Waals surface area (Å²) in [5.41, 5.74) is 5.75. The molecule has 0 aromatic carbocycles. The van der Waals surface area contributed by atoms with E-state index in [9.17, 15) is 28.8 Å². The Labute approximate surface area is 281 Å². The molecule has 272 valence electrons. The van der Waals surface area contributed by atoms with E-state index in [4.69, 9.17) is 15.6 Å². The van der Waals surface area contributed by atoms with Crippen molar-refractivity contribution in [3.8, 4) is 0 Å². The zero-order valence-corrected chi connectivity index (χ0v) is 30.3. The van der Waals surface area contributed by atoms with Crippen molar-refractivity contribution in [2.75, 3.05) is 6.54 Å². The van der Waals surface area contributed by atoms with Crippen LogP contribution in [0.3, 0.4) is 0 Å².